The molecule has 2 heteroatoms. The Morgan fingerprint density at radius 1 is 1.24 bits per heavy atom. The summed E-state index contributed by atoms with van der Waals surface area (Å²) in [5.74, 6) is 3.60. The van der Waals surface area contributed by atoms with Gasteiger partial charge >= 0.3 is 0 Å². The van der Waals surface area contributed by atoms with Gasteiger partial charge in [-0.3, -0.25) is 0 Å². The number of hydrogen-bond acceptors (Lipinski definition) is 2. The van der Waals surface area contributed by atoms with E-state index in [1.54, 1.807) is 0 Å². The summed E-state index contributed by atoms with van der Waals surface area (Å²) in [6.45, 7) is 8.83. The first-order valence-electron chi connectivity index (χ1n) is 6.52. The quantitative estimate of drug-likeness (QED) is 0.877. The first-order valence-corrected chi connectivity index (χ1v) is 7.67. The molecule has 0 radical (unpaired) electrons. The van der Waals surface area contributed by atoms with E-state index in [1.165, 1.54) is 46.7 Å². The minimum absolute atomic E-state index is 0.895. The van der Waals surface area contributed by atoms with E-state index in [1.807, 2.05) is 0 Å². The third-order valence-electron chi connectivity index (χ3n) is 3.60. The second kappa shape index (κ2) is 5.92. The Morgan fingerprint density at radius 2 is 1.94 bits per heavy atom. The lowest BCUT2D eigenvalue weighted by atomic mass is 9.99. The molecule has 2 rings (SSSR count). The Bertz CT molecular complexity index is 358. The number of thioether (sulfide) groups is 1. The summed E-state index contributed by atoms with van der Waals surface area (Å²) in [4.78, 5) is 0. The van der Waals surface area contributed by atoms with Crippen molar-refractivity contribution in [2.45, 2.75) is 33.7 Å². The van der Waals surface area contributed by atoms with E-state index in [0.29, 0.717) is 0 Å². The second-order valence-electron chi connectivity index (χ2n) is 5.24. The van der Waals surface area contributed by atoms with Crippen molar-refractivity contribution in [3.8, 4) is 0 Å². The van der Waals surface area contributed by atoms with Gasteiger partial charge in [0.05, 0.1) is 0 Å². The van der Waals surface area contributed by atoms with E-state index in [2.05, 4.69) is 50.0 Å². The minimum Gasteiger partial charge on any atom is -0.312 e. The van der Waals surface area contributed by atoms with Crippen LogP contribution in [0, 0.1) is 26.7 Å². The fourth-order valence-corrected chi connectivity index (χ4v) is 3.92. The van der Waals surface area contributed by atoms with Crippen molar-refractivity contribution >= 4 is 11.8 Å². The van der Waals surface area contributed by atoms with Crippen molar-refractivity contribution in [2.75, 3.05) is 18.1 Å². The third-order valence-corrected chi connectivity index (χ3v) is 4.83. The summed E-state index contributed by atoms with van der Waals surface area (Å²) in [7, 11) is 0. The number of benzene rings is 1. The summed E-state index contributed by atoms with van der Waals surface area (Å²) < 4.78 is 0. The second-order valence-corrected chi connectivity index (χ2v) is 6.39. The maximum absolute atomic E-state index is 3.63. The number of aryl methyl sites for hydroxylation is 3. The molecule has 17 heavy (non-hydrogen) atoms. The molecule has 94 valence electrons. The molecule has 1 fully saturated rings. The lowest BCUT2D eigenvalue weighted by molar-refractivity contribution is 0.522. The predicted octanol–water partition coefficient (Wildman–Crippen LogP) is 3.45. The van der Waals surface area contributed by atoms with Crippen LogP contribution in [0.1, 0.15) is 28.7 Å². The first-order chi connectivity index (χ1) is 8.16. The number of hydrogen-bond donors (Lipinski definition) is 1. The lowest BCUT2D eigenvalue weighted by Crippen LogP contribution is -2.23. The highest BCUT2D eigenvalue weighted by Gasteiger charge is 2.14. The molecule has 1 N–H and O–H groups in total. The van der Waals surface area contributed by atoms with Gasteiger partial charge in [0, 0.05) is 6.54 Å². The van der Waals surface area contributed by atoms with Crippen LogP contribution in [0.4, 0.5) is 0 Å². The average Bonchev–Trinajstić information content (AvgIpc) is 2.74. The molecule has 1 aromatic rings. The molecule has 0 aliphatic carbocycles. The van der Waals surface area contributed by atoms with E-state index in [4.69, 9.17) is 0 Å². The van der Waals surface area contributed by atoms with Crippen LogP contribution in [-0.4, -0.2) is 18.1 Å². The zero-order valence-electron chi connectivity index (χ0n) is 11.2. The molecular formula is C15H23NS. The largest absolute Gasteiger partial charge is 0.312 e. The molecule has 1 aliphatic heterocycles. The van der Waals surface area contributed by atoms with Crippen LogP contribution in [-0.2, 0) is 6.54 Å². The summed E-state index contributed by atoms with van der Waals surface area (Å²) in [6, 6.07) is 4.57. The van der Waals surface area contributed by atoms with Crippen LogP contribution in [0.15, 0.2) is 12.1 Å². The Hall–Kier alpha value is -0.470. The zero-order valence-corrected chi connectivity index (χ0v) is 12.0. The van der Waals surface area contributed by atoms with E-state index < -0.39 is 0 Å². The molecule has 0 aromatic heterocycles. The highest BCUT2D eigenvalue weighted by Crippen LogP contribution is 2.23. The van der Waals surface area contributed by atoms with Gasteiger partial charge < -0.3 is 5.32 Å². The van der Waals surface area contributed by atoms with Crippen molar-refractivity contribution in [3.05, 3.63) is 34.4 Å². The molecule has 1 aromatic carbocycles. The molecule has 1 nitrogen and oxygen atoms in total. The predicted molar refractivity (Wildman–Crippen MR) is 77.8 cm³/mol. The molecular weight excluding hydrogens is 226 g/mol. The van der Waals surface area contributed by atoms with Crippen molar-refractivity contribution in [2.24, 2.45) is 5.92 Å². The maximum atomic E-state index is 3.63. The van der Waals surface area contributed by atoms with Crippen molar-refractivity contribution in [3.63, 3.8) is 0 Å². The number of nitrogens with one attached hydrogen (secondary N) is 1. The summed E-state index contributed by atoms with van der Waals surface area (Å²) >= 11 is 2.10. The normalized spacial score (nSPS) is 19.8. The minimum atomic E-state index is 0.895. The van der Waals surface area contributed by atoms with Gasteiger partial charge in [0.25, 0.3) is 0 Å². The molecule has 0 spiro atoms. The fourth-order valence-electron chi connectivity index (χ4n) is 2.63. The van der Waals surface area contributed by atoms with E-state index in [-0.39, 0.29) is 0 Å². The molecule has 0 amide bonds. The van der Waals surface area contributed by atoms with Crippen LogP contribution in [0.3, 0.4) is 0 Å². The maximum Gasteiger partial charge on any atom is 0.0210 e. The van der Waals surface area contributed by atoms with E-state index in [0.717, 1.165) is 12.5 Å². The van der Waals surface area contributed by atoms with Gasteiger partial charge in [-0.1, -0.05) is 17.7 Å². The van der Waals surface area contributed by atoms with Gasteiger partial charge in [-0.15, -0.1) is 0 Å². The van der Waals surface area contributed by atoms with Crippen LogP contribution in [0.5, 0.6) is 0 Å². The molecule has 0 bridgehead atoms. The van der Waals surface area contributed by atoms with E-state index >= 15 is 0 Å². The highest BCUT2D eigenvalue weighted by atomic mass is 32.2. The van der Waals surface area contributed by atoms with Gasteiger partial charge in [-0.25, -0.2) is 0 Å². The standard InChI is InChI=1S/C15H23NS/c1-11-6-12(2)15(13(3)7-11)9-16-8-14-4-5-17-10-14/h6-7,14,16H,4-5,8-10H2,1-3H3. The smallest absolute Gasteiger partial charge is 0.0210 e. The SMILES string of the molecule is Cc1cc(C)c(CNCC2CCSC2)c(C)c1. The lowest BCUT2D eigenvalue weighted by Gasteiger charge is -2.14. The molecule has 1 heterocycles. The molecule has 0 saturated carbocycles. The monoisotopic (exact) mass is 249 g/mol. The fraction of sp³-hybridized carbons (Fsp3) is 0.600. The first kappa shape index (κ1) is 13.0. The molecule has 1 aliphatic rings. The van der Waals surface area contributed by atoms with Crippen molar-refractivity contribution < 1.29 is 0 Å². The average molecular weight is 249 g/mol. The summed E-state index contributed by atoms with van der Waals surface area (Å²) in [5.41, 5.74) is 5.71. The molecule has 1 unspecified atom stereocenters. The van der Waals surface area contributed by atoms with Gasteiger partial charge in [0.1, 0.15) is 0 Å². The Labute approximate surface area is 109 Å². The Balaban J connectivity index is 1.89. The Morgan fingerprint density at radius 3 is 2.53 bits per heavy atom. The third kappa shape index (κ3) is 3.49. The van der Waals surface area contributed by atoms with Crippen LogP contribution in [0.25, 0.3) is 0 Å². The van der Waals surface area contributed by atoms with Gasteiger partial charge in [0.2, 0.25) is 0 Å². The Kier molecular flexibility index (Phi) is 4.52. The van der Waals surface area contributed by atoms with E-state index in [9.17, 15) is 0 Å². The number of rotatable bonds is 4. The summed E-state index contributed by atoms with van der Waals surface area (Å²) in [6.07, 6.45) is 1.39. The van der Waals surface area contributed by atoms with Crippen molar-refractivity contribution in [1.29, 1.82) is 0 Å². The van der Waals surface area contributed by atoms with Crippen LogP contribution >= 0.6 is 11.8 Å². The summed E-state index contributed by atoms with van der Waals surface area (Å²) in [5, 5.41) is 3.63. The topological polar surface area (TPSA) is 12.0 Å². The zero-order chi connectivity index (χ0) is 12.3. The van der Waals surface area contributed by atoms with Crippen LogP contribution in [0.2, 0.25) is 0 Å². The van der Waals surface area contributed by atoms with Gasteiger partial charge in [0.15, 0.2) is 0 Å². The molecule has 1 saturated heterocycles. The van der Waals surface area contributed by atoms with Crippen LogP contribution < -0.4 is 5.32 Å². The van der Waals surface area contributed by atoms with Crippen molar-refractivity contribution in [1.82, 2.24) is 5.32 Å². The van der Waals surface area contributed by atoms with Gasteiger partial charge in [-0.2, -0.15) is 11.8 Å². The van der Waals surface area contributed by atoms with Gasteiger partial charge in [-0.05, 0) is 67.9 Å². The molecule has 1 atom stereocenters. The highest BCUT2D eigenvalue weighted by molar-refractivity contribution is 7.99.